The smallest absolute Gasteiger partial charge is 0.431 e. The zero-order valence-electron chi connectivity index (χ0n) is 14.9. The quantitative estimate of drug-likeness (QED) is 0.820. The Morgan fingerprint density at radius 3 is 2.79 bits per heavy atom. The van der Waals surface area contributed by atoms with Crippen molar-refractivity contribution in [1.82, 2.24) is 4.98 Å². The molecule has 9 heteroatoms. The van der Waals surface area contributed by atoms with Crippen LogP contribution in [0.5, 0.6) is 0 Å². The normalized spacial score (nSPS) is 18.2. The predicted octanol–water partition coefficient (Wildman–Crippen LogP) is 4.07. The van der Waals surface area contributed by atoms with Crippen LogP contribution in [0.15, 0.2) is 57.5 Å². The lowest BCUT2D eigenvalue weighted by atomic mass is 9.91. The minimum Gasteiger partial charge on any atom is -0.444 e. The predicted molar refractivity (Wildman–Crippen MR) is 98.6 cm³/mol. The Kier molecular flexibility index (Phi) is 5.81. The Bertz CT molecular complexity index is 902. The van der Waals surface area contributed by atoms with Crippen LogP contribution in [0.1, 0.15) is 25.7 Å². The molecule has 6 nitrogen and oxygen atoms in total. The summed E-state index contributed by atoms with van der Waals surface area (Å²) >= 11 is 0. The number of anilines is 1. The van der Waals surface area contributed by atoms with E-state index in [0.717, 1.165) is 5.56 Å². The first kappa shape index (κ1) is 19.7. The number of nitrogens with one attached hydrogen (secondary N) is 1. The van der Waals surface area contributed by atoms with Crippen LogP contribution in [0.2, 0.25) is 0 Å². The molecule has 0 bridgehead atoms. The number of alkyl halides is 3. The van der Waals surface area contributed by atoms with Crippen LogP contribution in [0, 0.1) is 0 Å². The molecule has 28 heavy (non-hydrogen) atoms. The fourth-order valence-electron chi connectivity index (χ4n) is 3.00. The van der Waals surface area contributed by atoms with Crippen LogP contribution in [-0.4, -0.2) is 29.3 Å². The summed E-state index contributed by atoms with van der Waals surface area (Å²) < 4.78 is 44.0. The number of rotatable bonds is 4. The highest BCUT2D eigenvalue weighted by Gasteiger charge is 2.35. The number of hydrogen-bond acceptors (Lipinski definition) is 5. The Morgan fingerprint density at radius 1 is 1.29 bits per heavy atom. The zero-order chi connectivity index (χ0) is 20.1. The Hall–Kier alpha value is -3.10. The second-order valence-electron chi connectivity index (χ2n) is 6.35. The van der Waals surface area contributed by atoms with E-state index in [2.05, 4.69) is 15.3 Å². The molecule has 1 aromatic carbocycles. The number of halogens is 3. The number of carbonyl (C=O) groups excluding carboxylic acids is 1. The number of benzene rings is 1. The molecule has 1 fully saturated rings. The minimum atomic E-state index is -4.60. The molecule has 1 aliphatic rings. The molecule has 0 unspecified atom stereocenters. The summed E-state index contributed by atoms with van der Waals surface area (Å²) in [4.78, 5) is 20.2. The number of aliphatic imine (C=N–C) groups is 1. The Labute approximate surface area is 159 Å². The molecule has 0 radical (unpaired) electrons. The molecule has 0 aliphatic heterocycles. The van der Waals surface area contributed by atoms with Crippen molar-refractivity contribution in [2.45, 2.75) is 31.9 Å². The second kappa shape index (κ2) is 8.28. The molecule has 1 amide bonds. The maximum atomic E-state index is 12.9. The summed E-state index contributed by atoms with van der Waals surface area (Å²) in [6, 6.07) is 6.94. The molecular formula is C19H19F3N4O2. The number of allylic oxidation sites excluding steroid dienone is 2. The molecule has 3 rings (SSSR count). The van der Waals surface area contributed by atoms with E-state index in [9.17, 15) is 18.0 Å². The maximum Gasteiger partial charge on any atom is 0.431 e. The first-order valence-electron chi connectivity index (χ1n) is 8.73. The first-order chi connectivity index (χ1) is 13.3. The highest BCUT2D eigenvalue weighted by Crippen LogP contribution is 2.31. The summed E-state index contributed by atoms with van der Waals surface area (Å²) in [5.74, 6) is 0.119. The number of amides is 1. The molecule has 148 valence electrons. The van der Waals surface area contributed by atoms with Gasteiger partial charge in [0.05, 0.1) is 6.20 Å². The van der Waals surface area contributed by atoms with Crippen molar-refractivity contribution in [1.29, 1.82) is 0 Å². The Morgan fingerprint density at radius 2 is 2.07 bits per heavy atom. The van der Waals surface area contributed by atoms with Crippen molar-refractivity contribution >= 4 is 17.3 Å². The van der Waals surface area contributed by atoms with E-state index in [1.807, 2.05) is 0 Å². The largest absolute Gasteiger partial charge is 0.444 e. The average Bonchev–Trinajstić information content (AvgIpc) is 3.20. The van der Waals surface area contributed by atoms with Crippen LogP contribution >= 0.6 is 0 Å². The molecule has 0 atom stereocenters. The number of carbonyl (C=O) groups is 1. The van der Waals surface area contributed by atoms with Crippen molar-refractivity contribution in [3.8, 4) is 11.3 Å². The van der Waals surface area contributed by atoms with E-state index in [0.29, 0.717) is 30.7 Å². The van der Waals surface area contributed by atoms with Crippen LogP contribution in [0.4, 0.5) is 18.9 Å². The molecule has 3 N–H and O–H groups in total. The van der Waals surface area contributed by atoms with Gasteiger partial charge in [0.15, 0.2) is 12.2 Å². The van der Waals surface area contributed by atoms with Crippen LogP contribution in [0.25, 0.3) is 11.3 Å². The molecule has 1 heterocycles. The summed E-state index contributed by atoms with van der Waals surface area (Å²) in [5, 5.41) is 2.68. The molecular weight excluding hydrogens is 373 g/mol. The topological polar surface area (TPSA) is 93.5 Å². The van der Waals surface area contributed by atoms with E-state index in [1.165, 1.54) is 6.39 Å². The second-order valence-corrected chi connectivity index (χ2v) is 6.35. The van der Waals surface area contributed by atoms with Gasteiger partial charge in [-0.05, 0) is 37.8 Å². The number of aromatic nitrogens is 1. The fraction of sp³-hybridized carbons (Fsp3) is 0.316. The monoisotopic (exact) mass is 392 g/mol. The first-order valence-corrected chi connectivity index (χ1v) is 8.73. The molecule has 0 spiro atoms. The van der Waals surface area contributed by atoms with E-state index in [4.69, 9.17) is 10.2 Å². The maximum absolute atomic E-state index is 12.9. The third kappa shape index (κ3) is 4.79. The number of hydrogen-bond donors (Lipinski definition) is 2. The van der Waals surface area contributed by atoms with E-state index in [1.54, 1.807) is 30.5 Å². The summed E-state index contributed by atoms with van der Waals surface area (Å²) in [7, 11) is 0. The molecule has 2 aromatic rings. The van der Waals surface area contributed by atoms with Gasteiger partial charge >= 0.3 is 6.18 Å². The van der Waals surface area contributed by atoms with Gasteiger partial charge in [0.2, 0.25) is 5.91 Å². The van der Waals surface area contributed by atoms with E-state index >= 15 is 0 Å². The number of nitrogens with two attached hydrogens (primary N) is 1. The van der Waals surface area contributed by atoms with Crippen LogP contribution in [0.3, 0.4) is 0 Å². The van der Waals surface area contributed by atoms with Gasteiger partial charge in [-0.25, -0.2) is 4.98 Å². The van der Waals surface area contributed by atoms with Crippen molar-refractivity contribution in [3.63, 3.8) is 0 Å². The van der Waals surface area contributed by atoms with Gasteiger partial charge < -0.3 is 15.5 Å². The van der Waals surface area contributed by atoms with E-state index in [-0.39, 0.29) is 24.3 Å². The van der Waals surface area contributed by atoms with Gasteiger partial charge in [0, 0.05) is 22.5 Å². The van der Waals surface area contributed by atoms with Crippen LogP contribution < -0.4 is 11.1 Å². The highest BCUT2D eigenvalue weighted by atomic mass is 19.4. The van der Waals surface area contributed by atoms with Gasteiger partial charge in [-0.3, -0.25) is 9.79 Å². The van der Waals surface area contributed by atoms with Crippen LogP contribution in [-0.2, 0) is 4.79 Å². The SMILES string of the molecule is NC(=C1CCCCC1=NCC(=O)Nc1cccc(-c2cnco2)c1)C(F)(F)F. The van der Waals surface area contributed by atoms with Gasteiger partial charge in [0.1, 0.15) is 12.2 Å². The highest BCUT2D eigenvalue weighted by molar-refractivity contribution is 6.03. The summed E-state index contributed by atoms with van der Waals surface area (Å²) in [5.41, 5.74) is 5.66. The lowest BCUT2D eigenvalue weighted by Gasteiger charge is -2.20. The minimum absolute atomic E-state index is 0.00105. The van der Waals surface area contributed by atoms with Crippen molar-refractivity contribution in [2.24, 2.45) is 10.7 Å². The van der Waals surface area contributed by atoms with E-state index < -0.39 is 17.8 Å². The van der Waals surface area contributed by atoms with Gasteiger partial charge in [-0.2, -0.15) is 13.2 Å². The van der Waals surface area contributed by atoms with Crippen molar-refractivity contribution < 1.29 is 22.4 Å². The van der Waals surface area contributed by atoms with Gasteiger partial charge in [0.25, 0.3) is 0 Å². The summed E-state index contributed by atoms with van der Waals surface area (Å²) in [6.45, 7) is -0.281. The molecule has 0 saturated heterocycles. The number of oxazole rings is 1. The third-order valence-corrected chi connectivity index (χ3v) is 4.35. The molecule has 1 aromatic heterocycles. The molecule has 1 aliphatic carbocycles. The van der Waals surface area contributed by atoms with Gasteiger partial charge in [-0.15, -0.1) is 0 Å². The third-order valence-electron chi connectivity index (χ3n) is 4.35. The average molecular weight is 392 g/mol. The lowest BCUT2D eigenvalue weighted by molar-refractivity contribution is -0.114. The number of nitrogens with zero attached hydrogens (tertiary/aromatic N) is 2. The fourth-order valence-corrected chi connectivity index (χ4v) is 3.00. The lowest BCUT2D eigenvalue weighted by Crippen LogP contribution is -2.27. The summed E-state index contributed by atoms with van der Waals surface area (Å²) in [6.07, 6.45) is 0.176. The van der Waals surface area contributed by atoms with Crippen molar-refractivity contribution in [3.05, 3.63) is 48.1 Å². The van der Waals surface area contributed by atoms with Gasteiger partial charge in [-0.1, -0.05) is 12.1 Å². The molecule has 1 saturated carbocycles. The van der Waals surface area contributed by atoms with Crippen molar-refractivity contribution in [2.75, 3.05) is 11.9 Å². The Balaban J connectivity index is 1.70. The zero-order valence-corrected chi connectivity index (χ0v) is 14.9. The standard InChI is InChI=1S/C19H19F3N4O2/c20-19(21,22)18(23)14-6-1-2-7-15(14)25-10-17(27)26-13-5-3-4-12(8-13)16-9-24-11-28-16/h3-5,8-9,11H,1-2,6-7,10,23H2,(H,26,27).